The molecule has 0 aliphatic heterocycles. The molecule has 0 aliphatic rings. The molecule has 3 rings (SSSR count). The fraction of sp³-hybridized carbons (Fsp3) is 0. The van der Waals surface area contributed by atoms with Crippen molar-refractivity contribution in [3.8, 4) is 0 Å². The fourth-order valence-corrected chi connectivity index (χ4v) is 2.54. The molecule has 0 aliphatic carbocycles. The Balaban J connectivity index is 1.94. The Morgan fingerprint density at radius 1 is 1.14 bits per heavy atom. The number of hydrogen-bond donors (Lipinski definition) is 1. The van der Waals surface area contributed by atoms with Gasteiger partial charge in [0.15, 0.2) is 0 Å². The van der Waals surface area contributed by atoms with E-state index in [1.165, 1.54) is 0 Å². The summed E-state index contributed by atoms with van der Waals surface area (Å²) < 4.78 is 0.691. The van der Waals surface area contributed by atoms with Crippen molar-refractivity contribution in [3.63, 3.8) is 0 Å². The molecule has 0 spiro atoms. The summed E-state index contributed by atoms with van der Waals surface area (Å²) in [7, 11) is 0. The molecule has 21 heavy (non-hydrogen) atoms. The van der Waals surface area contributed by atoms with E-state index >= 15 is 0 Å². The molecule has 0 fully saturated rings. The van der Waals surface area contributed by atoms with Crippen LogP contribution in [0.2, 0.25) is 5.02 Å². The molecule has 0 bridgehead atoms. The molecule has 1 aromatic heterocycles. The van der Waals surface area contributed by atoms with E-state index < -0.39 is 0 Å². The molecular formula is C16H10BrClN2O. The van der Waals surface area contributed by atoms with Crippen LogP contribution in [0.1, 0.15) is 10.4 Å². The third-order valence-corrected chi connectivity index (χ3v) is 4.29. The van der Waals surface area contributed by atoms with E-state index in [-0.39, 0.29) is 5.91 Å². The van der Waals surface area contributed by atoms with E-state index in [1.54, 1.807) is 24.4 Å². The normalized spacial score (nSPS) is 10.6. The Labute approximate surface area is 135 Å². The van der Waals surface area contributed by atoms with E-state index in [9.17, 15) is 4.79 Å². The lowest BCUT2D eigenvalue weighted by atomic mass is 10.1. The second-order valence-corrected chi connectivity index (χ2v) is 5.72. The van der Waals surface area contributed by atoms with E-state index in [1.807, 2.05) is 30.3 Å². The molecule has 2 aromatic carbocycles. The van der Waals surface area contributed by atoms with Crippen molar-refractivity contribution in [1.82, 2.24) is 4.98 Å². The first-order valence-corrected chi connectivity index (χ1v) is 7.42. The minimum atomic E-state index is -0.191. The minimum Gasteiger partial charge on any atom is -0.321 e. The van der Waals surface area contributed by atoms with Crippen LogP contribution in [0.15, 0.2) is 59.2 Å². The molecular weight excluding hydrogens is 352 g/mol. The quantitative estimate of drug-likeness (QED) is 0.705. The number of fused-ring (bicyclic) bond motifs is 1. The Hall–Kier alpha value is -1.91. The van der Waals surface area contributed by atoms with Gasteiger partial charge in [-0.25, -0.2) is 0 Å². The van der Waals surface area contributed by atoms with Gasteiger partial charge < -0.3 is 5.32 Å². The SMILES string of the molecule is O=C(Nc1cccc2ncccc12)c1ccc(Cl)c(Br)c1. The first-order chi connectivity index (χ1) is 10.1. The number of anilines is 1. The molecule has 0 saturated carbocycles. The molecule has 3 aromatic rings. The lowest BCUT2D eigenvalue weighted by Crippen LogP contribution is -2.12. The van der Waals surface area contributed by atoms with Gasteiger partial charge in [-0.15, -0.1) is 0 Å². The van der Waals surface area contributed by atoms with Gasteiger partial charge >= 0.3 is 0 Å². The van der Waals surface area contributed by atoms with Crippen molar-refractivity contribution < 1.29 is 4.79 Å². The van der Waals surface area contributed by atoms with Gasteiger partial charge in [-0.05, 0) is 58.4 Å². The van der Waals surface area contributed by atoms with Gasteiger partial charge in [-0.1, -0.05) is 17.7 Å². The van der Waals surface area contributed by atoms with Crippen LogP contribution in [0, 0.1) is 0 Å². The highest BCUT2D eigenvalue weighted by atomic mass is 79.9. The van der Waals surface area contributed by atoms with Crippen molar-refractivity contribution in [1.29, 1.82) is 0 Å². The number of benzene rings is 2. The minimum absolute atomic E-state index is 0.191. The molecule has 104 valence electrons. The summed E-state index contributed by atoms with van der Waals surface area (Å²) in [6.07, 6.45) is 1.73. The lowest BCUT2D eigenvalue weighted by molar-refractivity contribution is 0.102. The van der Waals surface area contributed by atoms with Gasteiger partial charge in [0.05, 0.1) is 16.2 Å². The molecule has 0 radical (unpaired) electrons. The summed E-state index contributed by atoms with van der Waals surface area (Å²) in [5.74, 6) is -0.191. The molecule has 1 heterocycles. The van der Waals surface area contributed by atoms with Gasteiger partial charge in [0.2, 0.25) is 0 Å². The maximum Gasteiger partial charge on any atom is 0.255 e. The van der Waals surface area contributed by atoms with E-state index in [0.717, 1.165) is 16.6 Å². The number of nitrogens with zero attached hydrogens (tertiary/aromatic N) is 1. The standard InChI is InChI=1S/C16H10BrClN2O/c17-12-9-10(6-7-13(12)18)16(21)20-15-5-1-4-14-11(15)3-2-8-19-14/h1-9H,(H,20,21). The Morgan fingerprint density at radius 3 is 2.81 bits per heavy atom. The highest BCUT2D eigenvalue weighted by molar-refractivity contribution is 9.10. The zero-order valence-electron chi connectivity index (χ0n) is 10.8. The van der Waals surface area contributed by atoms with Gasteiger partial charge in [0, 0.05) is 21.6 Å². The topological polar surface area (TPSA) is 42.0 Å². The number of halogens is 2. The molecule has 0 saturated heterocycles. The molecule has 1 amide bonds. The average Bonchev–Trinajstić information content (AvgIpc) is 2.50. The maximum atomic E-state index is 12.3. The number of hydrogen-bond acceptors (Lipinski definition) is 2. The summed E-state index contributed by atoms with van der Waals surface area (Å²) in [5, 5.41) is 4.38. The number of rotatable bonds is 2. The summed E-state index contributed by atoms with van der Waals surface area (Å²) in [6, 6.07) is 14.5. The molecule has 1 N–H and O–H groups in total. The van der Waals surface area contributed by atoms with Crippen molar-refractivity contribution in [3.05, 3.63) is 69.8 Å². The molecule has 0 atom stereocenters. The Bertz CT molecular complexity index is 830. The smallest absolute Gasteiger partial charge is 0.255 e. The average molecular weight is 362 g/mol. The third-order valence-electron chi connectivity index (χ3n) is 3.08. The highest BCUT2D eigenvalue weighted by Crippen LogP contribution is 2.25. The number of amides is 1. The van der Waals surface area contributed by atoms with Gasteiger partial charge in [-0.3, -0.25) is 9.78 Å². The highest BCUT2D eigenvalue weighted by Gasteiger charge is 2.10. The van der Waals surface area contributed by atoms with Gasteiger partial charge in [0.1, 0.15) is 0 Å². The van der Waals surface area contributed by atoms with Gasteiger partial charge in [-0.2, -0.15) is 0 Å². The summed E-state index contributed by atoms with van der Waals surface area (Å²) in [4.78, 5) is 16.6. The van der Waals surface area contributed by atoms with Crippen LogP contribution in [-0.4, -0.2) is 10.9 Å². The van der Waals surface area contributed by atoms with Crippen molar-refractivity contribution >= 4 is 50.0 Å². The molecule has 5 heteroatoms. The zero-order chi connectivity index (χ0) is 14.8. The monoisotopic (exact) mass is 360 g/mol. The Kier molecular flexibility index (Phi) is 3.90. The van der Waals surface area contributed by atoms with Crippen LogP contribution in [0.5, 0.6) is 0 Å². The molecule has 3 nitrogen and oxygen atoms in total. The van der Waals surface area contributed by atoms with E-state index in [2.05, 4.69) is 26.2 Å². The third kappa shape index (κ3) is 2.91. The van der Waals surface area contributed by atoms with E-state index in [0.29, 0.717) is 15.1 Å². The van der Waals surface area contributed by atoms with Crippen LogP contribution < -0.4 is 5.32 Å². The van der Waals surface area contributed by atoms with Crippen LogP contribution >= 0.6 is 27.5 Å². The number of aromatic nitrogens is 1. The second kappa shape index (κ2) is 5.84. The van der Waals surface area contributed by atoms with Crippen LogP contribution in [0.25, 0.3) is 10.9 Å². The predicted octanol–water partition coefficient (Wildman–Crippen LogP) is 4.90. The largest absolute Gasteiger partial charge is 0.321 e. The summed E-state index contributed by atoms with van der Waals surface area (Å²) in [5.41, 5.74) is 2.11. The summed E-state index contributed by atoms with van der Waals surface area (Å²) in [6.45, 7) is 0. The zero-order valence-corrected chi connectivity index (χ0v) is 13.1. The fourth-order valence-electron chi connectivity index (χ4n) is 2.04. The van der Waals surface area contributed by atoms with E-state index in [4.69, 9.17) is 11.6 Å². The number of carbonyl (C=O) groups is 1. The number of carbonyl (C=O) groups excluding carboxylic acids is 1. The van der Waals surface area contributed by atoms with Crippen molar-refractivity contribution in [2.45, 2.75) is 0 Å². The van der Waals surface area contributed by atoms with Gasteiger partial charge in [0.25, 0.3) is 5.91 Å². The van der Waals surface area contributed by atoms with Crippen LogP contribution in [0.3, 0.4) is 0 Å². The number of nitrogens with one attached hydrogen (secondary N) is 1. The summed E-state index contributed by atoms with van der Waals surface area (Å²) >= 11 is 9.25. The van der Waals surface area contributed by atoms with Crippen LogP contribution in [-0.2, 0) is 0 Å². The number of pyridine rings is 1. The van der Waals surface area contributed by atoms with Crippen LogP contribution in [0.4, 0.5) is 5.69 Å². The van der Waals surface area contributed by atoms with Crippen molar-refractivity contribution in [2.24, 2.45) is 0 Å². The maximum absolute atomic E-state index is 12.3. The predicted molar refractivity (Wildman–Crippen MR) is 88.8 cm³/mol. The second-order valence-electron chi connectivity index (χ2n) is 4.46. The van der Waals surface area contributed by atoms with Crippen molar-refractivity contribution in [2.75, 3.05) is 5.32 Å². The molecule has 0 unspecified atom stereocenters. The first kappa shape index (κ1) is 14.0. The first-order valence-electron chi connectivity index (χ1n) is 6.25. The Morgan fingerprint density at radius 2 is 2.00 bits per heavy atom. The lowest BCUT2D eigenvalue weighted by Gasteiger charge is -2.09.